The zero-order valence-electron chi connectivity index (χ0n) is 12.6. The number of amides is 1. The van der Waals surface area contributed by atoms with Crippen LogP contribution in [0.3, 0.4) is 0 Å². The fourth-order valence-corrected chi connectivity index (χ4v) is 1.98. The summed E-state index contributed by atoms with van der Waals surface area (Å²) in [5.74, 6) is -5.33. The first-order chi connectivity index (χ1) is 12.1. The summed E-state index contributed by atoms with van der Waals surface area (Å²) in [4.78, 5) is 22.5. The van der Waals surface area contributed by atoms with E-state index in [1.54, 1.807) is 5.43 Å². The fourth-order valence-electron chi connectivity index (χ4n) is 1.98. The largest absolute Gasteiger partial charge is 0.478 e. The number of benzene rings is 2. The molecule has 0 fully saturated rings. The number of carbonyl (C=O) groups is 2. The average Bonchev–Trinajstić information content (AvgIpc) is 2.56. The molecule has 2 aromatic carbocycles. The first-order valence-electron chi connectivity index (χ1n) is 6.83. The number of hydrazone groups is 1. The van der Waals surface area contributed by atoms with Gasteiger partial charge in [-0.05, 0) is 24.3 Å². The van der Waals surface area contributed by atoms with Gasteiger partial charge in [-0.1, -0.05) is 12.1 Å². The molecule has 2 rings (SSSR count). The van der Waals surface area contributed by atoms with Crippen LogP contribution in [0, 0.1) is 11.6 Å². The lowest BCUT2D eigenvalue weighted by molar-refractivity contribution is -0.137. The molecule has 1 amide bonds. The van der Waals surface area contributed by atoms with Crippen molar-refractivity contribution in [3.63, 3.8) is 0 Å². The summed E-state index contributed by atoms with van der Waals surface area (Å²) in [5.41, 5.74) is -1.59. The molecule has 0 saturated heterocycles. The van der Waals surface area contributed by atoms with Crippen molar-refractivity contribution in [3.05, 3.63) is 70.3 Å². The van der Waals surface area contributed by atoms with E-state index in [1.807, 2.05) is 0 Å². The topological polar surface area (TPSA) is 78.8 Å². The molecule has 5 nitrogen and oxygen atoms in total. The van der Waals surface area contributed by atoms with E-state index in [1.165, 1.54) is 6.07 Å². The number of nitrogens with zero attached hydrogens (tertiary/aromatic N) is 1. The van der Waals surface area contributed by atoms with Crippen LogP contribution >= 0.6 is 0 Å². The standard InChI is InChI=1S/C16H9F5N2O3/c17-12-5-8(15(25)26)6-13(18)10(12)7-22-23-14(24)9-3-1-2-4-11(9)16(19,20)21/h1-7H,(H,23,24)(H,25,26). The van der Waals surface area contributed by atoms with E-state index < -0.39 is 51.9 Å². The number of nitrogens with one attached hydrogen (secondary N) is 1. The molecule has 0 radical (unpaired) electrons. The SMILES string of the molecule is O=C(O)c1cc(F)c(C=NNC(=O)c2ccccc2C(F)(F)F)c(F)c1. The van der Waals surface area contributed by atoms with Crippen LogP contribution in [0.5, 0.6) is 0 Å². The van der Waals surface area contributed by atoms with Crippen molar-refractivity contribution in [2.45, 2.75) is 6.18 Å². The van der Waals surface area contributed by atoms with Crippen molar-refractivity contribution in [1.82, 2.24) is 5.43 Å². The third-order valence-corrected chi connectivity index (χ3v) is 3.16. The molecule has 2 N–H and O–H groups in total. The Balaban J connectivity index is 2.22. The van der Waals surface area contributed by atoms with E-state index in [0.29, 0.717) is 24.4 Å². The monoisotopic (exact) mass is 372 g/mol. The minimum Gasteiger partial charge on any atom is -0.478 e. The van der Waals surface area contributed by atoms with Crippen LogP contribution in [0.4, 0.5) is 22.0 Å². The van der Waals surface area contributed by atoms with Crippen molar-refractivity contribution in [3.8, 4) is 0 Å². The maximum absolute atomic E-state index is 13.7. The summed E-state index contributed by atoms with van der Waals surface area (Å²) in [6.07, 6.45) is -4.26. The van der Waals surface area contributed by atoms with Crippen LogP contribution in [-0.2, 0) is 6.18 Å². The summed E-state index contributed by atoms with van der Waals surface area (Å²) in [6, 6.07) is 4.98. The molecule has 0 aliphatic rings. The molecule has 0 heterocycles. The van der Waals surface area contributed by atoms with Gasteiger partial charge >= 0.3 is 12.1 Å². The van der Waals surface area contributed by atoms with Gasteiger partial charge in [-0.2, -0.15) is 18.3 Å². The highest BCUT2D eigenvalue weighted by Crippen LogP contribution is 2.31. The van der Waals surface area contributed by atoms with Crippen molar-refractivity contribution in [1.29, 1.82) is 0 Å². The van der Waals surface area contributed by atoms with E-state index in [2.05, 4.69) is 5.10 Å². The van der Waals surface area contributed by atoms with Crippen LogP contribution in [-0.4, -0.2) is 23.2 Å². The molecule has 0 aromatic heterocycles. The van der Waals surface area contributed by atoms with E-state index >= 15 is 0 Å². The Hall–Kier alpha value is -3.30. The molecule has 0 saturated carbocycles. The molecule has 10 heteroatoms. The smallest absolute Gasteiger partial charge is 0.417 e. The average molecular weight is 372 g/mol. The number of rotatable bonds is 4. The molecular formula is C16H9F5N2O3. The fraction of sp³-hybridized carbons (Fsp3) is 0.0625. The van der Waals surface area contributed by atoms with Crippen LogP contribution in [0.2, 0.25) is 0 Å². The highest BCUT2D eigenvalue weighted by atomic mass is 19.4. The van der Waals surface area contributed by atoms with Crippen molar-refractivity contribution in [2.75, 3.05) is 0 Å². The third kappa shape index (κ3) is 4.21. The number of halogens is 5. The van der Waals surface area contributed by atoms with Crippen LogP contribution in [0.25, 0.3) is 0 Å². The number of carboxylic acids is 1. The minimum absolute atomic E-state index is 0.518. The van der Waals surface area contributed by atoms with Crippen LogP contribution in [0.1, 0.15) is 31.8 Å². The Kier molecular flexibility index (Phi) is 5.34. The Morgan fingerprint density at radius 2 is 1.65 bits per heavy atom. The molecule has 0 atom stereocenters. The quantitative estimate of drug-likeness (QED) is 0.490. The molecule has 2 aromatic rings. The van der Waals surface area contributed by atoms with Crippen LogP contribution < -0.4 is 5.43 Å². The Morgan fingerprint density at radius 3 is 2.19 bits per heavy atom. The zero-order chi connectivity index (χ0) is 19.5. The molecular weight excluding hydrogens is 363 g/mol. The number of hydrogen-bond donors (Lipinski definition) is 2. The second-order valence-electron chi connectivity index (χ2n) is 4.90. The molecule has 0 spiro atoms. The number of aromatic carboxylic acids is 1. The Labute approximate surface area is 142 Å². The molecule has 0 aliphatic heterocycles. The summed E-state index contributed by atoms with van der Waals surface area (Å²) in [6.45, 7) is 0. The molecule has 0 aliphatic carbocycles. The summed E-state index contributed by atoms with van der Waals surface area (Å²) < 4.78 is 65.9. The first-order valence-corrected chi connectivity index (χ1v) is 6.83. The van der Waals surface area contributed by atoms with Gasteiger partial charge in [0.2, 0.25) is 0 Å². The van der Waals surface area contributed by atoms with Crippen LogP contribution in [0.15, 0.2) is 41.5 Å². The van der Waals surface area contributed by atoms with Gasteiger partial charge < -0.3 is 5.11 Å². The van der Waals surface area contributed by atoms with Gasteiger partial charge in [0.05, 0.1) is 28.5 Å². The summed E-state index contributed by atoms with van der Waals surface area (Å²) in [5, 5.41) is 11.9. The molecule has 0 unspecified atom stereocenters. The Morgan fingerprint density at radius 1 is 1.08 bits per heavy atom. The first kappa shape index (κ1) is 19.0. The molecule has 136 valence electrons. The van der Waals surface area contributed by atoms with Crippen molar-refractivity contribution >= 4 is 18.1 Å². The maximum Gasteiger partial charge on any atom is 0.417 e. The highest BCUT2D eigenvalue weighted by Gasteiger charge is 2.34. The van der Waals surface area contributed by atoms with E-state index in [4.69, 9.17) is 5.11 Å². The number of hydrogen-bond acceptors (Lipinski definition) is 3. The van der Waals surface area contributed by atoms with E-state index in [9.17, 15) is 31.5 Å². The number of carbonyl (C=O) groups excluding carboxylic acids is 1. The summed E-state index contributed by atoms with van der Waals surface area (Å²) >= 11 is 0. The van der Waals surface area contributed by atoms with Gasteiger partial charge in [0.1, 0.15) is 11.6 Å². The number of carboxylic acid groups (broad SMARTS) is 1. The second-order valence-corrected chi connectivity index (χ2v) is 4.90. The number of alkyl halides is 3. The third-order valence-electron chi connectivity index (χ3n) is 3.16. The Bertz CT molecular complexity index is 871. The maximum atomic E-state index is 13.7. The van der Waals surface area contributed by atoms with Gasteiger partial charge in [0, 0.05) is 0 Å². The van der Waals surface area contributed by atoms with Gasteiger partial charge in [0.15, 0.2) is 0 Å². The molecule has 0 bridgehead atoms. The lowest BCUT2D eigenvalue weighted by Gasteiger charge is -2.11. The van der Waals surface area contributed by atoms with Gasteiger partial charge in [-0.3, -0.25) is 4.79 Å². The van der Waals surface area contributed by atoms with Gasteiger partial charge in [-0.15, -0.1) is 0 Å². The van der Waals surface area contributed by atoms with Crippen molar-refractivity contribution < 1.29 is 36.6 Å². The predicted octanol–water partition coefficient (Wildman–Crippen LogP) is 3.45. The van der Waals surface area contributed by atoms with E-state index in [0.717, 1.165) is 12.1 Å². The normalized spacial score (nSPS) is 11.6. The zero-order valence-corrected chi connectivity index (χ0v) is 12.6. The minimum atomic E-state index is -4.78. The summed E-state index contributed by atoms with van der Waals surface area (Å²) in [7, 11) is 0. The lowest BCUT2D eigenvalue weighted by atomic mass is 10.1. The molecule has 26 heavy (non-hydrogen) atoms. The second kappa shape index (κ2) is 7.30. The van der Waals surface area contributed by atoms with Gasteiger partial charge in [0.25, 0.3) is 5.91 Å². The lowest BCUT2D eigenvalue weighted by Crippen LogP contribution is -2.22. The van der Waals surface area contributed by atoms with Gasteiger partial charge in [-0.25, -0.2) is 19.0 Å². The highest BCUT2D eigenvalue weighted by molar-refractivity contribution is 5.96. The van der Waals surface area contributed by atoms with Crippen molar-refractivity contribution in [2.24, 2.45) is 5.10 Å². The van der Waals surface area contributed by atoms with E-state index in [-0.39, 0.29) is 0 Å². The predicted molar refractivity (Wildman–Crippen MR) is 79.8 cm³/mol.